The number of benzene rings is 1. The van der Waals surface area contributed by atoms with E-state index in [0.29, 0.717) is 11.7 Å². The summed E-state index contributed by atoms with van der Waals surface area (Å²) in [6, 6.07) is 5.80. The van der Waals surface area contributed by atoms with Gasteiger partial charge < -0.3 is 10.4 Å². The number of phenolic OH excluding ortho intramolecular Hbond substituents is 1. The molecule has 0 radical (unpaired) electrons. The van der Waals surface area contributed by atoms with Crippen molar-refractivity contribution in [3.8, 4) is 5.75 Å². The Morgan fingerprint density at radius 1 is 1.47 bits per heavy atom. The molecule has 82 valence electrons. The van der Waals surface area contributed by atoms with Crippen LogP contribution in [-0.2, 0) is 0 Å². The fourth-order valence-corrected chi connectivity index (χ4v) is 2.92. The molecular formula is C12H17NOS. The maximum absolute atomic E-state index is 9.93. The summed E-state index contributed by atoms with van der Waals surface area (Å²) in [5, 5.41) is 13.3. The molecule has 0 spiro atoms. The number of aromatic hydroxyl groups is 1. The lowest BCUT2D eigenvalue weighted by Crippen LogP contribution is -2.28. The van der Waals surface area contributed by atoms with Gasteiger partial charge >= 0.3 is 0 Å². The molecule has 1 heterocycles. The molecule has 1 aliphatic rings. The predicted octanol–water partition coefficient (Wildman–Crippen LogP) is 2.58. The van der Waals surface area contributed by atoms with Gasteiger partial charge in [0.15, 0.2) is 0 Å². The van der Waals surface area contributed by atoms with Gasteiger partial charge in [0.25, 0.3) is 0 Å². The molecule has 1 fully saturated rings. The monoisotopic (exact) mass is 223 g/mol. The number of phenols is 1. The smallest absolute Gasteiger partial charge is 0.120 e. The van der Waals surface area contributed by atoms with Crippen molar-refractivity contribution in [2.24, 2.45) is 0 Å². The van der Waals surface area contributed by atoms with Crippen LogP contribution in [0.1, 0.15) is 24.3 Å². The zero-order chi connectivity index (χ0) is 10.7. The van der Waals surface area contributed by atoms with Crippen LogP contribution in [0.4, 0.5) is 0 Å². The Morgan fingerprint density at radius 3 is 3.00 bits per heavy atom. The normalized spacial score (nSPS) is 21.5. The van der Waals surface area contributed by atoms with Gasteiger partial charge in [-0.05, 0) is 37.8 Å². The first kappa shape index (κ1) is 10.8. The fourth-order valence-electron chi connectivity index (χ4n) is 2.22. The SMILES string of the molecule is CSc1cccc(O)c1C1CCCNC1. The van der Waals surface area contributed by atoms with Crippen molar-refractivity contribution in [3.63, 3.8) is 0 Å². The van der Waals surface area contributed by atoms with Gasteiger partial charge in [-0.3, -0.25) is 0 Å². The van der Waals surface area contributed by atoms with Gasteiger partial charge in [-0.2, -0.15) is 0 Å². The van der Waals surface area contributed by atoms with Crippen LogP contribution in [0, 0.1) is 0 Å². The minimum atomic E-state index is 0.454. The van der Waals surface area contributed by atoms with Crippen LogP contribution < -0.4 is 5.32 Å². The Labute approximate surface area is 95.1 Å². The van der Waals surface area contributed by atoms with E-state index in [4.69, 9.17) is 0 Å². The molecule has 1 unspecified atom stereocenters. The Morgan fingerprint density at radius 2 is 2.33 bits per heavy atom. The number of hydrogen-bond acceptors (Lipinski definition) is 3. The third kappa shape index (κ3) is 2.29. The minimum absolute atomic E-state index is 0.454. The van der Waals surface area contributed by atoms with Crippen LogP contribution in [0.3, 0.4) is 0 Å². The summed E-state index contributed by atoms with van der Waals surface area (Å²) in [6.45, 7) is 2.10. The Balaban J connectivity index is 2.31. The second-order valence-electron chi connectivity index (χ2n) is 3.94. The van der Waals surface area contributed by atoms with Crippen molar-refractivity contribution in [3.05, 3.63) is 23.8 Å². The second kappa shape index (κ2) is 4.90. The number of rotatable bonds is 2. The summed E-state index contributed by atoms with van der Waals surface area (Å²) in [6.07, 6.45) is 4.44. The molecule has 2 nitrogen and oxygen atoms in total. The summed E-state index contributed by atoms with van der Waals surface area (Å²) in [7, 11) is 0. The summed E-state index contributed by atoms with van der Waals surface area (Å²) >= 11 is 1.72. The van der Waals surface area contributed by atoms with E-state index in [1.54, 1.807) is 17.8 Å². The molecule has 0 aliphatic carbocycles. The molecule has 3 heteroatoms. The van der Waals surface area contributed by atoms with Crippen LogP contribution in [0.15, 0.2) is 23.1 Å². The first-order valence-corrected chi connectivity index (χ1v) is 6.62. The van der Waals surface area contributed by atoms with Crippen LogP contribution in [0.5, 0.6) is 5.75 Å². The lowest BCUT2D eigenvalue weighted by atomic mass is 9.91. The molecule has 0 aromatic heterocycles. The van der Waals surface area contributed by atoms with Gasteiger partial charge in [0.1, 0.15) is 5.75 Å². The zero-order valence-corrected chi connectivity index (χ0v) is 9.81. The molecule has 1 aliphatic heterocycles. The van der Waals surface area contributed by atoms with Crippen molar-refractivity contribution in [2.45, 2.75) is 23.7 Å². The minimum Gasteiger partial charge on any atom is -0.508 e. The summed E-state index contributed by atoms with van der Waals surface area (Å²) in [5.74, 6) is 0.929. The van der Waals surface area contributed by atoms with Crippen LogP contribution in [0.25, 0.3) is 0 Å². The molecular weight excluding hydrogens is 206 g/mol. The van der Waals surface area contributed by atoms with Crippen LogP contribution in [-0.4, -0.2) is 24.5 Å². The van der Waals surface area contributed by atoms with Gasteiger partial charge in [0.2, 0.25) is 0 Å². The number of piperidine rings is 1. The summed E-state index contributed by atoms with van der Waals surface area (Å²) in [4.78, 5) is 1.21. The lowest BCUT2D eigenvalue weighted by Gasteiger charge is -2.25. The topological polar surface area (TPSA) is 32.3 Å². The molecule has 0 amide bonds. The zero-order valence-electron chi connectivity index (χ0n) is 8.99. The first-order chi connectivity index (χ1) is 7.33. The molecule has 15 heavy (non-hydrogen) atoms. The van der Waals surface area contributed by atoms with Gasteiger partial charge in [-0.1, -0.05) is 6.07 Å². The van der Waals surface area contributed by atoms with E-state index in [2.05, 4.69) is 17.6 Å². The average molecular weight is 223 g/mol. The van der Waals surface area contributed by atoms with Crippen molar-refractivity contribution < 1.29 is 5.11 Å². The first-order valence-electron chi connectivity index (χ1n) is 5.39. The van der Waals surface area contributed by atoms with E-state index in [9.17, 15) is 5.11 Å². The highest BCUT2D eigenvalue weighted by molar-refractivity contribution is 7.98. The Bertz CT molecular complexity index is 334. The third-order valence-electron chi connectivity index (χ3n) is 2.97. The van der Waals surface area contributed by atoms with Crippen molar-refractivity contribution >= 4 is 11.8 Å². The average Bonchev–Trinajstić information content (AvgIpc) is 2.29. The molecule has 1 aromatic carbocycles. The highest BCUT2D eigenvalue weighted by atomic mass is 32.2. The van der Waals surface area contributed by atoms with Crippen molar-refractivity contribution in [2.75, 3.05) is 19.3 Å². The van der Waals surface area contributed by atoms with Crippen LogP contribution >= 0.6 is 11.8 Å². The highest BCUT2D eigenvalue weighted by Gasteiger charge is 2.20. The molecule has 2 rings (SSSR count). The number of nitrogens with one attached hydrogen (secondary N) is 1. The van der Waals surface area contributed by atoms with Gasteiger partial charge in [-0.15, -0.1) is 11.8 Å². The van der Waals surface area contributed by atoms with Crippen molar-refractivity contribution in [1.82, 2.24) is 5.32 Å². The van der Waals surface area contributed by atoms with Crippen molar-refractivity contribution in [1.29, 1.82) is 0 Å². The summed E-state index contributed by atoms with van der Waals surface area (Å²) < 4.78 is 0. The standard InChI is InChI=1S/C12H17NOS/c1-15-11-6-2-5-10(14)12(11)9-4-3-7-13-8-9/h2,5-6,9,13-14H,3-4,7-8H2,1H3. The quantitative estimate of drug-likeness (QED) is 0.756. The van der Waals surface area contributed by atoms with E-state index in [0.717, 1.165) is 18.7 Å². The van der Waals surface area contributed by atoms with E-state index in [-0.39, 0.29) is 0 Å². The molecule has 1 atom stereocenters. The van der Waals surface area contributed by atoms with Crippen LogP contribution in [0.2, 0.25) is 0 Å². The molecule has 0 saturated carbocycles. The third-order valence-corrected chi connectivity index (χ3v) is 3.76. The lowest BCUT2D eigenvalue weighted by molar-refractivity contribution is 0.421. The highest BCUT2D eigenvalue weighted by Crippen LogP contribution is 2.37. The maximum Gasteiger partial charge on any atom is 0.120 e. The Kier molecular flexibility index (Phi) is 3.54. The molecule has 1 aromatic rings. The number of hydrogen-bond donors (Lipinski definition) is 2. The molecule has 1 saturated heterocycles. The Hall–Kier alpha value is -0.670. The van der Waals surface area contributed by atoms with E-state index >= 15 is 0 Å². The second-order valence-corrected chi connectivity index (χ2v) is 4.78. The predicted molar refractivity (Wildman–Crippen MR) is 64.7 cm³/mol. The number of thioether (sulfide) groups is 1. The maximum atomic E-state index is 9.93. The van der Waals surface area contributed by atoms with E-state index in [1.807, 2.05) is 6.07 Å². The summed E-state index contributed by atoms with van der Waals surface area (Å²) in [5.41, 5.74) is 1.14. The van der Waals surface area contributed by atoms with E-state index in [1.165, 1.54) is 17.7 Å². The van der Waals surface area contributed by atoms with E-state index < -0.39 is 0 Å². The largest absolute Gasteiger partial charge is 0.508 e. The van der Waals surface area contributed by atoms with Gasteiger partial charge in [0.05, 0.1) is 0 Å². The van der Waals surface area contributed by atoms with Gasteiger partial charge in [-0.25, -0.2) is 0 Å². The molecule has 0 bridgehead atoms. The molecule has 2 N–H and O–H groups in total. The fraction of sp³-hybridized carbons (Fsp3) is 0.500. The van der Waals surface area contributed by atoms with Gasteiger partial charge in [0, 0.05) is 22.9 Å².